The van der Waals surface area contributed by atoms with Gasteiger partial charge < -0.3 is 5.32 Å². The van der Waals surface area contributed by atoms with E-state index >= 15 is 0 Å². The number of pyridine rings is 1. The number of hydrogen-bond donors (Lipinski definition) is 1. The summed E-state index contributed by atoms with van der Waals surface area (Å²) in [5.41, 5.74) is 5.22. The van der Waals surface area contributed by atoms with Gasteiger partial charge in [-0.05, 0) is 56.7 Å². The van der Waals surface area contributed by atoms with Crippen LogP contribution in [0.4, 0.5) is 0 Å². The van der Waals surface area contributed by atoms with E-state index in [2.05, 4.69) is 17.3 Å². The lowest BCUT2D eigenvalue weighted by Gasteiger charge is -2.14. The predicted octanol–water partition coefficient (Wildman–Crippen LogP) is 3.77. The minimum atomic E-state index is 0.0517. The molecule has 3 aromatic heterocycles. The van der Waals surface area contributed by atoms with Gasteiger partial charge in [0.1, 0.15) is 0 Å². The standard InChI is InChI=1S/C19H24N4OS/c1-11-15(12(2)21-19-18(11)14(4)22-23(19)5)8-9-17(24)20-13(3)16-7-6-10-25-16/h6-7,10,13H,8-9H2,1-5H3,(H,20,24)/t13-/m0/s1. The van der Waals surface area contributed by atoms with E-state index in [0.717, 1.165) is 28.0 Å². The number of amides is 1. The molecule has 5 nitrogen and oxygen atoms in total. The molecule has 1 amide bonds. The fourth-order valence-corrected chi connectivity index (χ4v) is 4.13. The highest BCUT2D eigenvalue weighted by molar-refractivity contribution is 7.10. The van der Waals surface area contributed by atoms with Crippen molar-refractivity contribution in [2.24, 2.45) is 7.05 Å². The second kappa shape index (κ2) is 6.96. The number of thiophene rings is 1. The van der Waals surface area contributed by atoms with Crippen molar-refractivity contribution < 1.29 is 4.79 Å². The Hall–Kier alpha value is -2.21. The Bertz CT molecular complexity index is 912. The number of rotatable bonds is 5. The zero-order valence-corrected chi connectivity index (χ0v) is 16.2. The Kier molecular flexibility index (Phi) is 4.90. The van der Waals surface area contributed by atoms with E-state index in [1.165, 1.54) is 10.4 Å². The first kappa shape index (κ1) is 17.6. The van der Waals surface area contributed by atoms with Gasteiger partial charge in [0.2, 0.25) is 5.91 Å². The molecule has 0 aliphatic heterocycles. The summed E-state index contributed by atoms with van der Waals surface area (Å²) in [7, 11) is 1.92. The molecule has 0 unspecified atom stereocenters. The van der Waals surface area contributed by atoms with Crippen LogP contribution < -0.4 is 5.32 Å². The minimum absolute atomic E-state index is 0.0517. The van der Waals surface area contributed by atoms with Crippen LogP contribution in [0.5, 0.6) is 0 Å². The van der Waals surface area contributed by atoms with Gasteiger partial charge in [0.25, 0.3) is 0 Å². The van der Waals surface area contributed by atoms with E-state index in [1.54, 1.807) is 11.3 Å². The summed E-state index contributed by atoms with van der Waals surface area (Å²) in [6.07, 6.45) is 1.15. The van der Waals surface area contributed by atoms with Crippen LogP contribution in [-0.4, -0.2) is 20.7 Å². The van der Waals surface area contributed by atoms with Gasteiger partial charge in [-0.3, -0.25) is 9.48 Å². The van der Waals surface area contributed by atoms with E-state index in [4.69, 9.17) is 4.98 Å². The van der Waals surface area contributed by atoms with Gasteiger partial charge in [0.15, 0.2) is 5.65 Å². The molecule has 0 saturated carbocycles. The molecule has 3 aromatic rings. The predicted molar refractivity (Wildman–Crippen MR) is 102 cm³/mol. The minimum Gasteiger partial charge on any atom is -0.349 e. The molecular weight excluding hydrogens is 332 g/mol. The summed E-state index contributed by atoms with van der Waals surface area (Å²) in [5, 5.41) is 10.7. The summed E-state index contributed by atoms with van der Waals surface area (Å²) in [6.45, 7) is 8.14. The first-order valence-electron chi connectivity index (χ1n) is 8.50. The maximum absolute atomic E-state index is 12.3. The monoisotopic (exact) mass is 356 g/mol. The quantitative estimate of drug-likeness (QED) is 0.757. The number of nitrogens with zero attached hydrogens (tertiary/aromatic N) is 3. The normalized spacial score (nSPS) is 12.5. The molecule has 0 aliphatic rings. The van der Waals surface area contributed by atoms with Crippen molar-refractivity contribution >= 4 is 28.3 Å². The van der Waals surface area contributed by atoms with Crippen molar-refractivity contribution in [1.82, 2.24) is 20.1 Å². The van der Waals surface area contributed by atoms with Crippen LogP contribution in [-0.2, 0) is 18.3 Å². The number of hydrogen-bond acceptors (Lipinski definition) is 4. The summed E-state index contributed by atoms with van der Waals surface area (Å²) in [4.78, 5) is 18.2. The number of nitrogens with one attached hydrogen (secondary N) is 1. The Balaban J connectivity index is 1.75. The topological polar surface area (TPSA) is 59.8 Å². The summed E-state index contributed by atoms with van der Waals surface area (Å²) in [5.74, 6) is 0.0719. The van der Waals surface area contributed by atoms with Gasteiger partial charge in [-0.2, -0.15) is 5.10 Å². The molecule has 0 saturated heterocycles. The molecule has 1 N–H and O–H groups in total. The van der Waals surface area contributed by atoms with Gasteiger partial charge in [-0.15, -0.1) is 11.3 Å². The van der Waals surface area contributed by atoms with Crippen molar-refractivity contribution in [3.05, 3.63) is 44.9 Å². The van der Waals surface area contributed by atoms with Crippen LogP contribution in [0.15, 0.2) is 17.5 Å². The van der Waals surface area contributed by atoms with Crippen LogP contribution in [0, 0.1) is 20.8 Å². The molecule has 0 spiro atoms. The molecule has 0 aromatic carbocycles. The first-order valence-corrected chi connectivity index (χ1v) is 9.38. The zero-order chi connectivity index (χ0) is 18.1. The van der Waals surface area contributed by atoms with E-state index in [-0.39, 0.29) is 11.9 Å². The largest absolute Gasteiger partial charge is 0.349 e. The van der Waals surface area contributed by atoms with Crippen molar-refractivity contribution in [3.63, 3.8) is 0 Å². The van der Waals surface area contributed by atoms with Gasteiger partial charge in [0.05, 0.1) is 11.7 Å². The number of fused-ring (bicyclic) bond motifs is 1. The second-order valence-corrected chi connectivity index (χ2v) is 7.49. The molecular formula is C19H24N4OS. The lowest BCUT2D eigenvalue weighted by molar-refractivity contribution is -0.121. The number of aromatic nitrogens is 3. The lowest BCUT2D eigenvalue weighted by atomic mass is 9.99. The molecule has 25 heavy (non-hydrogen) atoms. The number of carbonyl (C=O) groups is 1. The van der Waals surface area contributed by atoms with Crippen molar-refractivity contribution in [2.75, 3.05) is 0 Å². The molecule has 132 valence electrons. The van der Waals surface area contributed by atoms with Crippen LogP contribution >= 0.6 is 11.3 Å². The highest BCUT2D eigenvalue weighted by Crippen LogP contribution is 2.26. The van der Waals surface area contributed by atoms with E-state index in [0.29, 0.717) is 12.8 Å². The van der Waals surface area contributed by atoms with Crippen LogP contribution in [0.1, 0.15) is 46.8 Å². The van der Waals surface area contributed by atoms with Crippen molar-refractivity contribution in [2.45, 2.75) is 46.6 Å². The molecule has 0 fully saturated rings. The molecule has 3 rings (SSSR count). The lowest BCUT2D eigenvalue weighted by Crippen LogP contribution is -2.26. The van der Waals surface area contributed by atoms with Crippen LogP contribution in [0.25, 0.3) is 11.0 Å². The summed E-state index contributed by atoms with van der Waals surface area (Å²) in [6, 6.07) is 4.11. The molecule has 6 heteroatoms. The Morgan fingerprint density at radius 2 is 2.08 bits per heavy atom. The van der Waals surface area contributed by atoms with Crippen molar-refractivity contribution in [1.29, 1.82) is 0 Å². The first-order chi connectivity index (χ1) is 11.9. The smallest absolute Gasteiger partial charge is 0.220 e. The van der Waals surface area contributed by atoms with Crippen molar-refractivity contribution in [3.8, 4) is 0 Å². The fraction of sp³-hybridized carbons (Fsp3) is 0.421. The molecule has 0 bridgehead atoms. The molecule has 0 aliphatic carbocycles. The van der Waals surface area contributed by atoms with Crippen LogP contribution in [0.3, 0.4) is 0 Å². The molecule has 0 radical (unpaired) electrons. The SMILES string of the molecule is Cc1nc2c(c(C)nn2C)c(C)c1CCC(=O)N[C@@H](C)c1cccs1. The third kappa shape index (κ3) is 3.44. The average molecular weight is 356 g/mol. The van der Waals surface area contributed by atoms with Gasteiger partial charge >= 0.3 is 0 Å². The highest BCUT2D eigenvalue weighted by Gasteiger charge is 2.17. The average Bonchev–Trinajstić information content (AvgIpc) is 3.16. The maximum atomic E-state index is 12.3. The second-order valence-electron chi connectivity index (χ2n) is 6.51. The Morgan fingerprint density at radius 3 is 2.76 bits per heavy atom. The Morgan fingerprint density at radius 1 is 1.32 bits per heavy atom. The van der Waals surface area contributed by atoms with Gasteiger partial charge in [-0.1, -0.05) is 6.07 Å². The zero-order valence-electron chi connectivity index (χ0n) is 15.4. The summed E-state index contributed by atoms with van der Waals surface area (Å²) >= 11 is 1.66. The number of aryl methyl sites for hydroxylation is 4. The molecule has 3 heterocycles. The highest BCUT2D eigenvalue weighted by atomic mass is 32.1. The van der Waals surface area contributed by atoms with E-state index in [1.807, 2.05) is 50.0 Å². The maximum Gasteiger partial charge on any atom is 0.220 e. The third-order valence-corrected chi connectivity index (χ3v) is 5.73. The fourth-order valence-electron chi connectivity index (χ4n) is 3.39. The van der Waals surface area contributed by atoms with Crippen LogP contribution in [0.2, 0.25) is 0 Å². The Labute approximate surface area is 152 Å². The van der Waals surface area contributed by atoms with Gasteiger partial charge in [0, 0.05) is 29.4 Å². The van der Waals surface area contributed by atoms with Gasteiger partial charge in [-0.25, -0.2) is 4.98 Å². The third-order valence-electron chi connectivity index (χ3n) is 4.68. The van der Waals surface area contributed by atoms with E-state index < -0.39 is 0 Å². The molecule has 1 atom stereocenters. The van der Waals surface area contributed by atoms with E-state index in [9.17, 15) is 4.79 Å². The number of carbonyl (C=O) groups excluding carboxylic acids is 1. The summed E-state index contributed by atoms with van der Waals surface area (Å²) < 4.78 is 1.82.